The number of benzene rings is 2. The lowest BCUT2D eigenvalue weighted by atomic mass is 10.1. The van der Waals surface area contributed by atoms with Crippen molar-refractivity contribution in [1.82, 2.24) is 51.0 Å². The van der Waals surface area contributed by atoms with Gasteiger partial charge in [0.15, 0.2) is 0 Å². The van der Waals surface area contributed by atoms with Crippen molar-refractivity contribution >= 4 is 80.3 Å². The van der Waals surface area contributed by atoms with Crippen molar-refractivity contribution in [2.75, 3.05) is 53.6 Å². The summed E-state index contributed by atoms with van der Waals surface area (Å²) in [6, 6.07) is 12.6. The van der Waals surface area contributed by atoms with Gasteiger partial charge >= 0.3 is 24.0 Å². The zero-order valence-corrected chi connectivity index (χ0v) is 57.9. The van der Waals surface area contributed by atoms with Gasteiger partial charge in [-0.3, -0.25) is 9.59 Å². The number of urea groups is 2. The molecule has 11 rings (SSSR count). The van der Waals surface area contributed by atoms with E-state index in [1.54, 1.807) is 34.1 Å². The minimum absolute atomic E-state index is 0.146. The Morgan fingerprint density at radius 2 is 1.36 bits per heavy atom. The zero-order valence-electron chi connectivity index (χ0n) is 56.2. The van der Waals surface area contributed by atoms with E-state index in [-0.39, 0.29) is 80.8 Å². The SMILES string of the molecule is C=CCCCCCNC(=O)N1C[C@H](Oc2cc(-c3nc(C(C)C)cs3)nc3cc(OC)ccc23)C[C@H]1C(=O)N[C@]1(C(=O)OCC)C[C@H]1C=C.CCOC(=O)[C@@]12C[C@H]1/C=C\CCCCCNC(=O)N1C[C@H](Oc3cc(-c4nc(C(C)C)cs4)nc4cc(OC)ccc34)C[C@H]1C(=O)N2. The van der Waals surface area contributed by atoms with Crippen LogP contribution in [0.2, 0.25) is 0 Å². The second-order valence-electron chi connectivity index (χ2n) is 25.6. The average Bonchev–Trinajstić information content (AvgIpc) is 1.58. The third kappa shape index (κ3) is 16.1. The van der Waals surface area contributed by atoms with Crippen LogP contribution >= 0.6 is 22.7 Å². The summed E-state index contributed by atoms with van der Waals surface area (Å²) in [5.41, 5.74) is 2.36. The maximum atomic E-state index is 14.0. The standard InChI is InChI=1S/C37H47N5O6S.C35H43N5O6S/c1-7-10-11-12-13-16-38-36(45)42-21-26(18-31(42)33(43)41-37(20-24(37)8-2)35(44)47-9-3)48-32-19-29(34-40-30(22-49-34)23(4)5)39-28-17-25(46-6)14-15-27(28)32;1-5-45-33(42)35-18-22(35)11-9-7-6-8-10-14-36-34(43)40-19-24(16-29(40)31(41)39-35)46-30-17-27(32-38-28(20-47-32)21(2)3)37-26-15-23(44-4)12-13-25(26)30/h7-8,14-15,17,19,22-24,26,31H,1-2,9-13,16,18,20-21H2,3-6H3,(H,38,45)(H,41,43);9,11-13,15,17,20-22,24,29H,5-8,10,14,16,18-19H2,1-4H3,(H,36,43)(H,39,41)/b;11-9-/t24-,26-,31+,37-;22-,24-,29+,35-/m11/s1. The van der Waals surface area contributed by atoms with E-state index in [1.807, 2.05) is 71.4 Å². The van der Waals surface area contributed by atoms with Gasteiger partial charge in [0, 0.05) is 83.6 Å². The fraction of sp³-hybridized carbons (Fsp3) is 0.500. The van der Waals surface area contributed by atoms with Crippen molar-refractivity contribution in [3.8, 4) is 44.4 Å². The number of carbonyl (C=O) groups is 6. The number of nitrogens with zero attached hydrogens (tertiary/aromatic N) is 6. The number of rotatable bonds is 23. The summed E-state index contributed by atoms with van der Waals surface area (Å²) in [4.78, 5) is 104. The molecular formula is C72H90N10O12S2. The first kappa shape index (κ1) is 70.2. The number of thiazole rings is 2. The number of amides is 6. The number of fused-ring (bicyclic) bond motifs is 4. The molecule has 0 radical (unpaired) electrons. The summed E-state index contributed by atoms with van der Waals surface area (Å²) in [6.07, 6.45) is 15.3. The highest BCUT2D eigenvalue weighted by atomic mass is 32.1. The van der Waals surface area contributed by atoms with Crippen LogP contribution in [0.4, 0.5) is 9.59 Å². The van der Waals surface area contributed by atoms with Crippen molar-refractivity contribution in [3.05, 3.63) is 108 Å². The smallest absolute Gasteiger partial charge is 0.332 e. The highest BCUT2D eigenvalue weighted by Gasteiger charge is 2.63. The number of aromatic nitrogens is 4. The molecule has 6 aromatic rings. The molecule has 7 heterocycles. The van der Waals surface area contributed by atoms with Gasteiger partial charge in [0.2, 0.25) is 11.8 Å². The van der Waals surface area contributed by atoms with Gasteiger partial charge in [-0.1, -0.05) is 64.8 Å². The van der Waals surface area contributed by atoms with Crippen LogP contribution in [0.1, 0.15) is 142 Å². The summed E-state index contributed by atoms with van der Waals surface area (Å²) in [5.74, 6) is 0.865. The highest BCUT2D eigenvalue weighted by Crippen LogP contribution is 2.48. The normalized spacial score (nSPS) is 23.4. The van der Waals surface area contributed by atoms with E-state index in [4.69, 9.17) is 48.4 Å². The van der Waals surface area contributed by atoms with Crippen LogP contribution in [-0.2, 0) is 28.7 Å². The predicted octanol–water partition coefficient (Wildman–Crippen LogP) is 12.0. The second kappa shape index (κ2) is 31.5. The molecule has 8 atom stereocenters. The zero-order chi connectivity index (χ0) is 68.3. The first-order valence-corrected chi connectivity index (χ1v) is 35.3. The molecule has 2 saturated carbocycles. The van der Waals surface area contributed by atoms with Crippen LogP contribution < -0.4 is 40.2 Å². The number of allylic oxidation sites excluding steroid dienone is 2. The number of hydrogen-bond acceptors (Lipinski definition) is 18. The minimum atomic E-state index is -1.18. The summed E-state index contributed by atoms with van der Waals surface area (Å²) in [5, 5.41) is 19.1. The third-order valence-corrected chi connectivity index (χ3v) is 20.0. The Morgan fingerprint density at radius 1 is 0.750 bits per heavy atom. The van der Waals surface area contributed by atoms with Gasteiger partial charge < -0.3 is 59.5 Å². The number of ether oxygens (including phenoxy) is 6. The summed E-state index contributed by atoms with van der Waals surface area (Å²) in [7, 11) is 3.22. The lowest BCUT2D eigenvalue weighted by Gasteiger charge is -2.26. The van der Waals surface area contributed by atoms with Gasteiger partial charge in [-0.05, 0) is 101 Å². The molecule has 0 bridgehead atoms. The second-order valence-corrected chi connectivity index (χ2v) is 27.3. The van der Waals surface area contributed by atoms with E-state index < -0.39 is 53.2 Å². The molecule has 2 aromatic carbocycles. The van der Waals surface area contributed by atoms with Gasteiger partial charge in [0.25, 0.3) is 0 Å². The number of likely N-dealkylation sites (tertiary alicyclic amines) is 1. The lowest BCUT2D eigenvalue weighted by Crippen LogP contribution is -2.54. The molecule has 2 saturated heterocycles. The number of nitrogens with one attached hydrogen (secondary N) is 4. The number of carbonyl (C=O) groups excluding carboxylic acids is 6. The fourth-order valence-electron chi connectivity index (χ4n) is 12.5. The number of methoxy groups -OCH3 is 2. The fourth-order valence-corrected chi connectivity index (χ4v) is 14.4. The number of esters is 2. The summed E-state index contributed by atoms with van der Waals surface area (Å²) in [6.45, 7) is 21.2. The largest absolute Gasteiger partial charge is 0.497 e. The van der Waals surface area contributed by atoms with Crippen molar-refractivity contribution < 1.29 is 57.2 Å². The molecule has 0 unspecified atom stereocenters. The van der Waals surface area contributed by atoms with Crippen LogP contribution in [-0.4, -0.2) is 155 Å². The van der Waals surface area contributed by atoms with Crippen molar-refractivity contribution in [3.63, 3.8) is 0 Å². The Balaban J connectivity index is 0.000000209. The molecule has 4 aromatic heterocycles. The third-order valence-electron chi connectivity index (χ3n) is 18.2. The molecule has 96 heavy (non-hydrogen) atoms. The molecule has 5 aliphatic rings. The quantitative estimate of drug-likeness (QED) is 0.0264. The molecule has 24 heteroatoms. The van der Waals surface area contributed by atoms with Crippen LogP contribution in [0, 0.1) is 11.8 Å². The molecule has 6 amide bonds. The maximum Gasteiger partial charge on any atom is 0.332 e. The first-order chi connectivity index (χ1) is 46.3. The van der Waals surface area contributed by atoms with E-state index in [9.17, 15) is 28.8 Å². The summed E-state index contributed by atoms with van der Waals surface area (Å²) >= 11 is 3.04. The van der Waals surface area contributed by atoms with E-state index in [2.05, 4.69) is 68.2 Å². The topological polar surface area (TPSA) is 264 Å². The van der Waals surface area contributed by atoms with Gasteiger partial charge in [0.1, 0.15) is 79.8 Å². The number of hydrogen-bond donors (Lipinski definition) is 4. The van der Waals surface area contributed by atoms with E-state index in [0.717, 1.165) is 83.5 Å². The van der Waals surface area contributed by atoms with E-state index in [1.165, 1.54) is 32.5 Å². The van der Waals surface area contributed by atoms with Crippen LogP contribution in [0.3, 0.4) is 0 Å². The predicted molar refractivity (Wildman–Crippen MR) is 371 cm³/mol. The molecular weight excluding hydrogens is 1260 g/mol. The maximum absolute atomic E-state index is 14.0. The first-order valence-electron chi connectivity index (χ1n) is 33.6. The van der Waals surface area contributed by atoms with Crippen LogP contribution in [0.15, 0.2) is 96.8 Å². The molecule has 3 aliphatic heterocycles. The highest BCUT2D eigenvalue weighted by molar-refractivity contribution is 7.13. The van der Waals surface area contributed by atoms with Gasteiger partial charge in [-0.2, -0.15) is 0 Å². The van der Waals surface area contributed by atoms with Crippen LogP contribution in [0.5, 0.6) is 23.0 Å². The van der Waals surface area contributed by atoms with Gasteiger partial charge in [-0.15, -0.1) is 35.8 Å². The van der Waals surface area contributed by atoms with Crippen molar-refractivity contribution in [2.24, 2.45) is 11.8 Å². The van der Waals surface area contributed by atoms with Crippen molar-refractivity contribution in [2.45, 2.75) is 166 Å². The molecule has 2 aliphatic carbocycles. The molecule has 512 valence electrons. The molecule has 4 N–H and O–H groups in total. The monoisotopic (exact) mass is 1350 g/mol. The van der Waals surface area contributed by atoms with Crippen molar-refractivity contribution in [1.29, 1.82) is 0 Å². The Morgan fingerprint density at radius 3 is 1.93 bits per heavy atom. The van der Waals surface area contributed by atoms with E-state index >= 15 is 0 Å². The Bertz CT molecular complexity index is 3850. The number of pyridine rings is 2. The summed E-state index contributed by atoms with van der Waals surface area (Å²) < 4.78 is 35.0. The molecule has 0 spiro atoms. The van der Waals surface area contributed by atoms with Gasteiger partial charge in [-0.25, -0.2) is 39.1 Å². The molecule has 22 nitrogen and oxygen atoms in total. The Labute approximate surface area is 569 Å². The molecule has 4 fully saturated rings. The van der Waals surface area contributed by atoms with Gasteiger partial charge in [0.05, 0.1) is 62.9 Å². The van der Waals surface area contributed by atoms with Crippen LogP contribution in [0.25, 0.3) is 43.2 Å². The number of unbranched alkanes of at least 4 members (excludes halogenated alkanes) is 3. The Kier molecular flexibility index (Phi) is 23.0. The average molecular weight is 1350 g/mol. The van der Waals surface area contributed by atoms with E-state index in [0.29, 0.717) is 71.4 Å². The minimum Gasteiger partial charge on any atom is -0.497 e. The Hall–Kier alpha value is -8.64. The lowest BCUT2D eigenvalue weighted by molar-refractivity contribution is -0.150.